The van der Waals surface area contributed by atoms with Gasteiger partial charge in [-0.1, -0.05) is 24.3 Å². The van der Waals surface area contributed by atoms with Gasteiger partial charge in [0, 0.05) is 18.1 Å². The van der Waals surface area contributed by atoms with E-state index >= 15 is 0 Å². The minimum absolute atomic E-state index is 0.0892. The second kappa shape index (κ2) is 8.41. The SMILES string of the molecule is COc1c(C)c2c(c(OC(C)=O)c1C/C=C/c1c(C)cccc1C(=O)O)C(=O)OC2. The van der Waals surface area contributed by atoms with Crippen molar-refractivity contribution in [2.24, 2.45) is 0 Å². The fourth-order valence-electron chi connectivity index (χ4n) is 3.65. The summed E-state index contributed by atoms with van der Waals surface area (Å²) in [6.07, 6.45) is 3.71. The van der Waals surface area contributed by atoms with E-state index in [1.54, 1.807) is 18.2 Å². The molecule has 0 aromatic heterocycles. The van der Waals surface area contributed by atoms with E-state index in [9.17, 15) is 19.5 Å². The Labute approximate surface area is 173 Å². The molecule has 2 aromatic rings. The summed E-state index contributed by atoms with van der Waals surface area (Å²) in [5.41, 5.74) is 3.70. The molecular formula is C23H22O7. The zero-order chi connectivity index (χ0) is 22.0. The van der Waals surface area contributed by atoms with E-state index in [1.165, 1.54) is 20.1 Å². The average Bonchev–Trinajstić information content (AvgIpc) is 3.07. The molecule has 156 valence electrons. The molecule has 1 N–H and O–H groups in total. The molecule has 7 nitrogen and oxygen atoms in total. The Morgan fingerprint density at radius 2 is 1.97 bits per heavy atom. The highest BCUT2D eigenvalue weighted by atomic mass is 16.6. The number of carbonyl (C=O) groups is 3. The lowest BCUT2D eigenvalue weighted by atomic mass is 9.94. The summed E-state index contributed by atoms with van der Waals surface area (Å²) in [7, 11) is 1.50. The van der Waals surface area contributed by atoms with Crippen molar-refractivity contribution in [1.82, 2.24) is 0 Å². The van der Waals surface area contributed by atoms with Crippen molar-refractivity contribution in [3.63, 3.8) is 0 Å². The van der Waals surface area contributed by atoms with Gasteiger partial charge in [-0.15, -0.1) is 0 Å². The molecule has 2 aromatic carbocycles. The Balaban J connectivity index is 2.11. The van der Waals surface area contributed by atoms with Crippen LogP contribution in [0.1, 0.15) is 55.5 Å². The topological polar surface area (TPSA) is 99.1 Å². The number of aryl methyl sites for hydroxylation is 1. The molecule has 0 aliphatic carbocycles. The van der Waals surface area contributed by atoms with Gasteiger partial charge < -0.3 is 19.3 Å². The number of fused-ring (bicyclic) bond motifs is 1. The Bertz CT molecular complexity index is 1080. The summed E-state index contributed by atoms with van der Waals surface area (Å²) in [5, 5.41) is 9.44. The van der Waals surface area contributed by atoms with Gasteiger partial charge in [0.05, 0.1) is 12.7 Å². The molecule has 0 spiro atoms. The first-order chi connectivity index (χ1) is 14.3. The molecular weight excluding hydrogens is 388 g/mol. The number of aromatic carboxylic acids is 1. The lowest BCUT2D eigenvalue weighted by molar-refractivity contribution is -0.131. The van der Waals surface area contributed by atoms with E-state index in [4.69, 9.17) is 14.2 Å². The zero-order valence-corrected chi connectivity index (χ0v) is 17.2. The summed E-state index contributed by atoms with van der Waals surface area (Å²) in [5.74, 6) is -1.52. The van der Waals surface area contributed by atoms with E-state index in [0.29, 0.717) is 22.4 Å². The molecule has 7 heteroatoms. The molecule has 0 amide bonds. The van der Waals surface area contributed by atoms with E-state index in [2.05, 4.69) is 0 Å². The number of carboxylic acids is 1. The van der Waals surface area contributed by atoms with Gasteiger partial charge in [0.25, 0.3) is 0 Å². The lowest BCUT2D eigenvalue weighted by Crippen LogP contribution is -2.11. The first kappa shape index (κ1) is 21.1. The number of benzene rings is 2. The largest absolute Gasteiger partial charge is 0.496 e. The molecule has 0 bridgehead atoms. The average molecular weight is 410 g/mol. The second-order valence-electron chi connectivity index (χ2n) is 6.94. The van der Waals surface area contributed by atoms with Crippen molar-refractivity contribution < 1.29 is 33.7 Å². The minimum Gasteiger partial charge on any atom is -0.496 e. The highest BCUT2D eigenvalue weighted by Gasteiger charge is 2.33. The normalized spacial score (nSPS) is 12.6. The van der Waals surface area contributed by atoms with Crippen molar-refractivity contribution in [2.45, 2.75) is 33.8 Å². The Morgan fingerprint density at radius 1 is 1.23 bits per heavy atom. The highest BCUT2D eigenvalue weighted by Crippen LogP contribution is 2.42. The van der Waals surface area contributed by atoms with Crippen molar-refractivity contribution in [3.8, 4) is 11.5 Å². The minimum atomic E-state index is -1.02. The fraction of sp³-hybridized carbons (Fsp3) is 0.261. The number of allylic oxidation sites excluding steroid dienone is 1. The molecule has 0 radical (unpaired) electrons. The monoisotopic (exact) mass is 410 g/mol. The third kappa shape index (κ3) is 3.78. The zero-order valence-electron chi connectivity index (χ0n) is 17.2. The van der Waals surface area contributed by atoms with Crippen molar-refractivity contribution in [2.75, 3.05) is 7.11 Å². The van der Waals surface area contributed by atoms with Crippen molar-refractivity contribution >= 4 is 24.0 Å². The van der Waals surface area contributed by atoms with E-state index in [-0.39, 0.29) is 29.9 Å². The standard InChI is InChI=1S/C23H22O7/c1-12-7-5-9-16(22(25)26)15(12)8-6-10-17-20(28-4)13(2)18-11-29-23(27)19(18)21(17)30-14(3)24/h5-9H,10-11H2,1-4H3,(H,25,26)/b8-6+. The second-order valence-corrected chi connectivity index (χ2v) is 6.94. The van der Waals surface area contributed by atoms with Crippen molar-refractivity contribution in [3.05, 3.63) is 63.2 Å². The molecule has 0 unspecified atom stereocenters. The summed E-state index contributed by atoms with van der Waals surface area (Å²) < 4.78 is 16.1. The molecule has 1 heterocycles. The highest BCUT2D eigenvalue weighted by molar-refractivity contribution is 5.99. The van der Waals surface area contributed by atoms with Gasteiger partial charge in [-0.3, -0.25) is 4.79 Å². The van der Waals surface area contributed by atoms with E-state index < -0.39 is 17.9 Å². The predicted molar refractivity (Wildman–Crippen MR) is 109 cm³/mol. The van der Waals surface area contributed by atoms with Crippen LogP contribution in [0.15, 0.2) is 24.3 Å². The van der Waals surface area contributed by atoms with Gasteiger partial charge in [0.15, 0.2) is 5.75 Å². The number of cyclic esters (lactones) is 1. The maximum absolute atomic E-state index is 12.3. The smallest absolute Gasteiger partial charge is 0.342 e. The lowest BCUT2D eigenvalue weighted by Gasteiger charge is -2.18. The molecule has 0 saturated heterocycles. The van der Waals surface area contributed by atoms with Crippen LogP contribution in [-0.2, 0) is 22.6 Å². The van der Waals surface area contributed by atoms with Crippen LogP contribution >= 0.6 is 0 Å². The van der Waals surface area contributed by atoms with Gasteiger partial charge in [-0.05, 0) is 43.0 Å². The van der Waals surface area contributed by atoms with Crippen LogP contribution in [-0.4, -0.2) is 30.1 Å². The molecule has 30 heavy (non-hydrogen) atoms. The van der Waals surface area contributed by atoms with Gasteiger partial charge in [-0.2, -0.15) is 0 Å². The Hall–Kier alpha value is -3.61. The third-order valence-electron chi connectivity index (χ3n) is 5.03. The molecule has 1 aliphatic rings. The third-order valence-corrected chi connectivity index (χ3v) is 5.03. The summed E-state index contributed by atoms with van der Waals surface area (Å²) >= 11 is 0. The maximum atomic E-state index is 12.3. The Kier molecular flexibility index (Phi) is 5.91. The van der Waals surface area contributed by atoms with Crippen LogP contribution in [0.5, 0.6) is 11.5 Å². The van der Waals surface area contributed by atoms with Crippen LogP contribution in [0.2, 0.25) is 0 Å². The van der Waals surface area contributed by atoms with E-state index in [0.717, 1.165) is 11.1 Å². The van der Waals surface area contributed by atoms with Gasteiger partial charge in [0.2, 0.25) is 0 Å². The number of methoxy groups -OCH3 is 1. The first-order valence-electron chi connectivity index (χ1n) is 9.33. The number of hydrogen-bond donors (Lipinski definition) is 1. The van der Waals surface area contributed by atoms with Crippen LogP contribution in [0.4, 0.5) is 0 Å². The number of rotatable bonds is 6. The first-order valence-corrected chi connectivity index (χ1v) is 9.33. The van der Waals surface area contributed by atoms with Crippen LogP contribution in [0.3, 0.4) is 0 Å². The van der Waals surface area contributed by atoms with Crippen LogP contribution in [0, 0.1) is 13.8 Å². The summed E-state index contributed by atoms with van der Waals surface area (Å²) in [6.45, 7) is 4.98. The van der Waals surface area contributed by atoms with Crippen molar-refractivity contribution in [1.29, 1.82) is 0 Å². The molecule has 0 fully saturated rings. The number of hydrogen-bond acceptors (Lipinski definition) is 6. The number of carbonyl (C=O) groups excluding carboxylic acids is 2. The predicted octanol–water partition coefficient (Wildman–Crippen LogP) is 3.86. The van der Waals surface area contributed by atoms with Crippen LogP contribution in [0.25, 0.3) is 6.08 Å². The molecule has 3 rings (SSSR count). The summed E-state index contributed by atoms with van der Waals surface area (Å²) in [6, 6.07) is 5.05. The molecule has 0 atom stereocenters. The quantitative estimate of drug-likeness (QED) is 0.570. The fourth-order valence-corrected chi connectivity index (χ4v) is 3.65. The molecule has 0 saturated carbocycles. The van der Waals surface area contributed by atoms with E-state index in [1.807, 2.05) is 19.9 Å². The number of carboxylic acid groups (broad SMARTS) is 1. The number of esters is 2. The number of ether oxygens (including phenoxy) is 3. The summed E-state index contributed by atoms with van der Waals surface area (Å²) in [4.78, 5) is 35.5. The molecule has 1 aliphatic heterocycles. The maximum Gasteiger partial charge on any atom is 0.342 e. The Morgan fingerprint density at radius 3 is 2.60 bits per heavy atom. The van der Waals surface area contributed by atoms with Gasteiger partial charge in [-0.25, -0.2) is 9.59 Å². The van der Waals surface area contributed by atoms with Gasteiger partial charge in [0.1, 0.15) is 17.9 Å². The van der Waals surface area contributed by atoms with Crippen LogP contribution < -0.4 is 9.47 Å². The van der Waals surface area contributed by atoms with Gasteiger partial charge >= 0.3 is 17.9 Å².